The van der Waals surface area contributed by atoms with Crippen LogP contribution in [0.1, 0.15) is 18.6 Å². The van der Waals surface area contributed by atoms with E-state index in [1.807, 2.05) is 12.1 Å². The zero-order valence-corrected chi connectivity index (χ0v) is 6.73. The minimum absolute atomic E-state index is 0.0452. The number of rotatable bonds is 2. The van der Waals surface area contributed by atoms with Gasteiger partial charge in [0.15, 0.2) is 5.78 Å². The van der Waals surface area contributed by atoms with E-state index >= 15 is 0 Å². The Morgan fingerprint density at radius 2 is 2.50 bits per heavy atom. The lowest BCUT2D eigenvalue weighted by molar-refractivity contribution is -0.118. The van der Waals surface area contributed by atoms with E-state index in [4.69, 9.17) is 4.74 Å². The highest BCUT2D eigenvalue weighted by molar-refractivity contribution is 5.83. The molecule has 62 valence electrons. The van der Waals surface area contributed by atoms with Crippen LogP contribution in [0.3, 0.4) is 0 Å². The van der Waals surface area contributed by atoms with Crippen LogP contribution in [0.25, 0.3) is 0 Å². The van der Waals surface area contributed by atoms with Crippen molar-refractivity contribution in [1.82, 2.24) is 4.98 Å². The first kappa shape index (κ1) is 7.43. The summed E-state index contributed by atoms with van der Waals surface area (Å²) < 4.78 is 5.17. The lowest BCUT2D eigenvalue weighted by atomic mass is 10.1. The van der Waals surface area contributed by atoms with Gasteiger partial charge in [0.1, 0.15) is 12.2 Å². The third-order valence-electron chi connectivity index (χ3n) is 1.91. The first-order valence-electron chi connectivity index (χ1n) is 3.85. The van der Waals surface area contributed by atoms with Gasteiger partial charge in [-0.25, -0.2) is 0 Å². The van der Waals surface area contributed by atoms with E-state index in [1.165, 1.54) is 0 Å². The number of hydrogen-bond donors (Lipinski definition) is 0. The second-order valence-electron chi connectivity index (χ2n) is 2.87. The predicted octanol–water partition coefficient (Wildman–Crippen LogP) is 1.11. The molecule has 12 heavy (non-hydrogen) atoms. The van der Waals surface area contributed by atoms with Crippen molar-refractivity contribution in [2.45, 2.75) is 19.1 Å². The predicted molar refractivity (Wildman–Crippen MR) is 42.5 cm³/mol. The molecule has 2 atom stereocenters. The fraction of sp³-hybridized carbons (Fsp3) is 0.333. The molecule has 0 aliphatic carbocycles. The maximum absolute atomic E-state index is 10.8. The van der Waals surface area contributed by atoms with Crippen LogP contribution in [-0.2, 0) is 9.53 Å². The molecule has 1 aliphatic heterocycles. The molecule has 0 bridgehead atoms. The van der Waals surface area contributed by atoms with Gasteiger partial charge in [0.25, 0.3) is 0 Å². The van der Waals surface area contributed by atoms with Gasteiger partial charge < -0.3 is 4.74 Å². The molecule has 1 aromatic heterocycles. The zero-order chi connectivity index (χ0) is 8.55. The molecule has 1 aromatic rings. The van der Waals surface area contributed by atoms with Gasteiger partial charge in [-0.1, -0.05) is 6.07 Å². The Morgan fingerprint density at radius 1 is 1.67 bits per heavy atom. The van der Waals surface area contributed by atoms with Crippen molar-refractivity contribution in [2.75, 3.05) is 0 Å². The van der Waals surface area contributed by atoms with E-state index in [0.717, 1.165) is 5.56 Å². The van der Waals surface area contributed by atoms with E-state index in [2.05, 4.69) is 4.98 Å². The molecule has 0 aromatic carbocycles. The SMILES string of the molecule is CC(=O)[C@@H]1O[C@H]1c1cccnc1. The van der Waals surface area contributed by atoms with Crippen molar-refractivity contribution in [2.24, 2.45) is 0 Å². The second kappa shape index (κ2) is 2.68. The van der Waals surface area contributed by atoms with Crippen LogP contribution >= 0.6 is 0 Å². The number of Topliss-reactive ketones (excluding diaryl/α,β-unsaturated/α-hetero) is 1. The summed E-state index contributed by atoms with van der Waals surface area (Å²) in [6.45, 7) is 1.54. The topological polar surface area (TPSA) is 42.5 Å². The molecule has 2 rings (SSSR count). The molecule has 0 saturated carbocycles. The lowest BCUT2D eigenvalue weighted by Gasteiger charge is -1.91. The molecule has 3 nitrogen and oxygen atoms in total. The normalized spacial score (nSPS) is 26.8. The molecule has 3 heteroatoms. The van der Waals surface area contributed by atoms with Crippen LogP contribution in [0, 0.1) is 0 Å². The Kier molecular flexibility index (Phi) is 1.66. The largest absolute Gasteiger partial charge is 0.356 e. The van der Waals surface area contributed by atoms with Crippen molar-refractivity contribution >= 4 is 5.78 Å². The fourth-order valence-corrected chi connectivity index (χ4v) is 1.22. The van der Waals surface area contributed by atoms with Crippen molar-refractivity contribution in [3.8, 4) is 0 Å². The minimum atomic E-state index is -0.228. The molecule has 1 fully saturated rings. The van der Waals surface area contributed by atoms with Gasteiger partial charge in [-0.2, -0.15) is 0 Å². The molecule has 1 aliphatic rings. The van der Waals surface area contributed by atoms with Crippen molar-refractivity contribution in [3.05, 3.63) is 30.1 Å². The smallest absolute Gasteiger partial charge is 0.161 e. The summed E-state index contributed by atoms with van der Waals surface area (Å²) in [6.07, 6.45) is 3.16. The summed E-state index contributed by atoms with van der Waals surface area (Å²) in [7, 11) is 0. The Balaban J connectivity index is 2.11. The number of pyridine rings is 1. The highest BCUT2D eigenvalue weighted by atomic mass is 16.6. The first-order chi connectivity index (χ1) is 5.79. The van der Waals surface area contributed by atoms with Gasteiger partial charge in [0.2, 0.25) is 0 Å². The molecule has 2 heterocycles. The van der Waals surface area contributed by atoms with Crippen molar-refractivity contribution in [3.63, 3.8) is 0 Å². The van der Waals surface area contributed by atoms with E-state index in [-0.39, 0.29) is 18.0 Å². The number of ketones is 1. The zero-order valence-electron chi connectivity index (χ0n) is 6.73. The highest BCUT2D eigenvalue weighted by Gasteiger charge is 2.43. The number of ether oxygens (including phenoxy) is 1. The highest BCUT2D eigenvalue weighted by Crippen LogP contribution is 2.38. The van der Waals surface area contributed by atoms with E-state index < -0.39 is 0 Å². The first-order valence-corrected chi connectivity index (χ1v) is 3.85. The molecule has 0 N–H and O–H groups in total. The van der Waals surface area contributed by atoms with E-state index in [0.29, 0.717) is 0 Å². The number of hydrogen-bond acceptors (Lipinski definition) is 3. The maximum atomic E-state index is 10.8. The van der Waals surface area contributed by atoms with E-state index in [1.54, 1.807) is 19.3 Å². The van der Waals surface area contributed by atoms with Crippen LogP contribution in [-0.4, -0.2) is 16.9 Å². The van der Waals surface area contributed by atoms with Crippen LogP contribution in [0.4, 0.5) is 0 Å². The number of carbonyl (C=O) groups is 1. The summed E-state index contributed by atoms with van der Waals surface area (Å²) in [4.78, 5) is 14.8. The van der Waals surface area contributed by atoms with Gasteiger partial charge in [0, 0.05) is 18.0 Å². The van der Waals surface area contributed by atoms with Gasteiger partial charge in [-0.15, -0.1) is 0 Å². The van der Waals surface area contributed by atoms with Gasteiger partial charge in [-0.3, -0.25) is 9.78 Å². The Morgan fingerprint density at radius 3 is 3.00 bits per heavy atom. The lowest BCUT2D eigenvalue weighted by Crippen LogP contribution is -2.00. The second-order valence-corrected chi connectivity index (χ2v) is 2.87. The van der Waals surface area contributed by atoms with Gasteiger partial charge >= 0.3 is 0 Å². The molecule has 0 radical (unpaired) electrons. The Labute approximate surface area is 70.4 Å². The van der Waals surface area contributed by atoms with E-state index in [9.17, 15) is 4.79 Å². The maximum Gasteiger partial charge on any atom is 0.161 e. The fourth-order valence-electron chi connectivity index (χ4n) is 1.22. The Hall–Kier alpha value is -1.22. The average Bonchev–Trinajstić information content (AvgIpc) is 2.84. The summed E-state index contributed by atoms with van der Waals surface area (Å²) in [5.74, 6) is 0.0869. The summed E-state index contributed by atoms with van der Waals surface area (Å²) >= 11 is 0. The third-order valence-corrected chi connectivity index (χ3v) is 1.91. The average molecular weight is 163 g/mol. The Bertz CT molecular complexity index is 297. The van der Waals surface area contributed by atoms with Crippen LogP contribution in [0.2, 0.25) is 0 Å². The molecular weight excluding hydrogens is 154 g/mol. The monoisotopic (exact) mass is 163 g/mol. The quantitative estimate of drug-likeness (QED) is 0.613. The van der Waals surface area contributed by atoms with Gasteiger partial charge in [0.05, 0.1) is 0 Å². The number of aromatic nitrogens is 1. The van der Waals surface area contributed by atoms with Gasteiger partial charge in [-0.05, 0) is 13.0 Å². The molecule has 0 amide bonds. The summed E-state index contributed by atoms with van der Waals surface area (Å²) in [5.41, 5.74) is 0.984. The van der Waals surface area contributed by atoms with Crippen LogP contribution in [0.15, 0.2) is 24.5 Å². The summed E-state index contributed by atoms with van der Waals surface area (Å²) in [5, 5.41) is 0. The minimum Gasteiger partial charge on any atom is -0.356 e. The third kappa shape index (κ3) is 1.23. The number of nitrogens with zero attached hydrogens (tertiary/aromatic N) is 1. The summed E-state index contributed by atoms with van der Waals surface area (Å²) in [6, 6.07) is 3.76. The molecule has 0 spiro atoms. The molecular formula is C9H9NO2. The molecule has 0 unspecified atom stereocenters. The molecule has 1 saturated heterocycles. The van der Waals surface area contributed by atoms with Crippen LogP contribution < -0.4 is 0 Å². The number of epoxide rings is 1. The van der Waals surface area contributed by atoms with Crippen molar-refractivity contribution in [1.29, 1.82) is 0 Å². The number of carbonyl (C=O) groups excluding carboxylic acids is 1. The van der Waals surface area contributed by atoms with Crippen LogP contribution in [0.5, 0.6) is 0 Å². The standard InChI is InChI=1S/C9H9NO2/c1-6(11)8-9(12-8)7-3-2-4-10-5-7/h2-5,8-9H,1H3/t8-,9-/m0/s1. The van der Waals surface area contributed by atoms with Crippen molar-refractivity contribution < 1.29 is 9.53 Å².